The van der Waals surface area contributed by atoms with Gasteiger partial charge >= 0.3 is 5.97 Å². The molecule has 1 fully saturated rings. The topological polar surface area (TPSA) is 84.2 Å². The molecule has 1 saturated carbocycles. The van der Waals surface area contributed by atoms with E-state index in [1.807, 2.05) is 0 Å². The molecule has 2 aliphatic rings. The first-order valence-corrected chi connectivity index (χ1v) is 9.93. The van der Waals surface area contributed by atoms with Crippen molar-refractivity contribution < 1.29 is 19.1 Å². The Labute approximate surface area is 162 Å². The summed E-state index contributed by atoms with van der Waals surface area (Å²) >= 11 is 0. The fourth-order valence-corrected chi connectivity index (χ4v) is 4.34. The molecule has 148 valence electrons. The van der Waals surface area contributed by atoms with Gasteiger partial charge in [-0.25, -0.2) is 9.07 Å². The number of carboxylic acid groups (broad SMARTS) is 1. The molecule has 7 heteroatoms. The molecule has 2 aromatic rings. The molecular formula is C21H24FN3O3. The molecule has 1 amide bonds. The number of halogens is 1. The first-order valence-electron chi connectivity index (χ1n) is 9.93. The minimum atomic E-state index is -0.757. The summed E-state index contributed by atoms with van der Waals surface area (Å²) in [6, 6.07) is 6.22. The Morgan fingerprint density at radius 2 is 1.89 bits per heavy atom. The summed E-state index contributed by atoms with van der Waals surface area (Å²) in [4.78, 5) is 24.0. The number of fused-ring (bicyclic) bond motifs is 1. The standard InChI is InChI=1S/C21H24FN3O3/c22-14-4-3-5-16(12-14)25-18-7-2-1-6-17(18)19(24-25)20(26)23-15-10-8-13(9-11-15)21(27)28/h3-5,12-13,15H,1-2,6-11H2,(H,23,26)(H,27,28). The van der Waals surface area contributed by atoms with E-state index in [1.54, 1.807) is 16.8 Å². The van der Waals surface area contributed by atoms with Crippen molar-refractivity contribution in [1.82, 2.24) is 15.1 Å². The third-order valence-corrected chi connectivity index (χ3v) is 5.86. The number of carboxylic acids is 1. The highest BCUT2D eigenvalue weighted by Gasteiger charge is 2.30. The lowest BCUT2D eigenvalue weighted by Crippen LogP contribution is -2.39. The summed E-state index contributed by atoms with van der Waals surface area (Å²) in [6.45, 7) is 0. The minimum Gasteiger partial charge on any atom is -0.481 e. The van der Waals surface area contributed by atoms with Gasteiger partial charge in [0.25, 0.3) is 5.91 Å². The second-order valence-electron chi connectivity index (χ2n) is 7.73. The summed E-state index contributed by atoms with van der Waals surface area (Å²) in [5, 5.41) is 16.7. The van der Waals surface area contributed by atoms with Crippen LogP contribution in [0.4, 0.5) is 4.39 Å². The van der Waals surface area contributed by atoms with Gasteiger partial charge in [-0.2, -0.15) is 5.10 Å². The minimum absolute atomic E-state index is 0.0262. The number of carbonyl (C=O) groups is 2. The Morgan fingerprint density at radius 1 is 1.14 bits per heavy atom. The predicted octanol–water partition coefficient (Wildman–Crippen LogP) is 3.26. The number of hydrogen-bond acceptors (Lipinski definition) is 3. The molecule has 1 aromatic carbocycles. The molecule has 0 aliphatic heterocycles. The fraction of sp³-hybridized carbons (Fsp3) is 0.476. The van der Waals surface area contributed by atoms with Crippen LogP contribution in [0, 0.1) is 11.7 Å². The predicted molar refractivity (Wildman–Crippen MR) is 101 cm³/mol. The number of nitrogens with one attached hydrogen (secondary N) is 1. The number of nitrogens with zero attached hydrogens (tertiary/aromatic N) is 2. The molecule has 0 spiro atoms. The van der Waals surface area contributed by atoms with Crippen LogP contribution in [0.1, 0.15) is 60.3 Å². The summed E-state index contributed by atoms with van der Waals surface area (Å²) in [5.41, 5.74) is 2.97. The van der Waals surface area contributed by atoms with Crippen molar-refractivity contribution in [2.24, 2.45) is 5.92 Å². The van der Waals surface area contributed by atoms with Crippen molar-refractivity contribution in [1.29, 1.82) is 0 Å². The van der Waals surface area contributed by atoms with E-state index in [-0.39, 0.29) is 23.7 Å². The Balaban J connectivity index is 1.56. The molecule has 0 radical (unpaired) electrons. The number of carbonyl (C=O) groups excluding carboxylic acids is 1. The Morgan fingerprint density at radius 3 is 2.61 bits per heavy atom. The largest absolute Gasteiger partial charge is 0.481 e. The van der Waals surface area contributed by atoms with Gasteiger partial charge < -0.3 is 10.4 Å². The van der Waals surface area contributed by atoms with Gasteiger partial charge in [-0.05, 0) is 69.6 Å². The monoisotopic (exact) mass is 385 g/mol. The molecule has 6 nitrogen and oxygen atoms in total. The molecule has 0 saturated heterocycles. The third-order valence-electron chi connectivity index (χ3n) is 5.86. The Bertz CT molecular complexity index is 900. The molecule has 0 unspecified atom stereocenters. The van der Waals surface area contributed by atoms with Gasteiger partial charge in [0.1, 0.15) is 5.82 Å². The molecule has 28 heavy (non-hydrogen) atoms. The lowest BCUT2D eigenvalue weighted by atomic mass is 9.86. The van der Waals surface area contributed by atoms with Crippen LogP contribution in [0.2, 0.25) is 0 Å². The van der Waals surface area contributed by atoms with Crippen molar-refractivity contribution in [2.75, 3.05) is 0 Å². The highest BCUT2D eigenvalue weighted by atomic mass is 19.1. The van der Waals surface area contributed by atoms with Crippen LogP contribution in [0.15, 0.2) is 24.3 Å². The molecule has 4 rings (SSSR count). The van der Waals surface area contributed by atoms with Crippen molar-refractivity contribution in [2.45, 2.75) is 57.4 Å². The molecule has 0 atom stereocenters. The molecular weight excluding hydrogens is 361 g/mol. The lowest BCUT2D eigenvalue weighted by Gasteiger charge is -2.26. The average Bonchev–Trinajstić information content (AvgIpc) is 3.08. The van der Waals surface area contributed by atoms with E-state index in [4.69, 9.17) is 5.11 Å². The smallest absolute Gasteiger partial charge is 0.306 e. The average molecular weight is 385 g/mol. The van der Waals surface area contributed by atoms with Crippen LogP contribution < -0.4 is 5.32 Å². The van der Waals surface area contributed by atoms with Crippen molar-refractivity contribution in [3.05, 3.63) is 47.0 Å². The molecule has 0 bridgehead atoms. The first kappa shape index (κ1) is 18.7. The zero-order chi connectivity index (χ0) is 19.7. The van der Waals surface area contributed by atoms with E-state index in [9.17, 15) is 14.0 Å². The number of hydrogen-bond donors (Lipinski definition) is 2. The number of aliphatic carboxylic acids is 1. The van der Waals surface area contributed by atoms with Gasteiger partial charge in [-0.3, -0.25) is 9.59 Å². The van der Waals surface area contributed by atoms with Crippen LogP contribution >= 0.6 is 0 Å². The molecule has 1 heterocycles. The number of rotatable bonds is 4. The van der Waals surface area contributed by atoms with Crippen LogP contribution in [0.5, 0.6) is 0 Å². The lowest BCUT2D eigenvalue weighted by molar-refractivity contribution is -0.142. The van der Waals surface area contributed by atoms with Gasteiger partial charge in [-0.15, -0.1) is 0 Å². The Kier molecular flexibility index (Phi) is 5.15. The van der Waals surface area contributed by atoms with Gasteiger partial charge in [0.05, 0.1) is 11.6 Å². The maximum Gasteiger partial charge on any atom is 0.306 e. The summed E-state index contributed by atoms with van der Waals surface area (Å²) in [6.07, 6.45) is 6.12. The highest BCUT2D eigenvalue weighted by Crippen LogP contribution is 2.28. The van der Waals surface area contributed by atoms with Gasteiger partial charge in [0.15, 0.2) is 5.69 Å². The van der Waals surface area contributed by atoms with Crippen LogP contribution in [-0.4, -0.2) is 32.8 Å². The summed E-state index contributed by atoms with van der Waals surface area (Å²) < 4.78 is 15.4. The first-order chi connectivity index (χ1) is 13.5. The van der Waals surface area contributed by atoms with Crippen molar-refractivity contribution >= 4 is 11.9 Å². The van der Waals surface area contributed by atoms with Crippen LogP contribution in [-0.2, 0) is 17.6 Å². The SMILES string of the molecule is O=C(NC1CCC(C(=O)O)CC1)c1nn(-c2cccc(F)c2)c2c1CCCC2. The van der Waals surface area contributed by atoms with Crippen molar-refractivity contribution in [3.63, 3.8) is 0 Å². The van der Waals surface area contributed by atoms with Crippen LogP contribution in [0.3, 0.4) is 0 Å². The van der Waals surface area contributed by atoms with Gasteiger partial charge in [0, 0.05) is 17.3 Å². The normalized spacial score (nSPS) is 21.8. The van der Waals surface area contributed by atoms with Crippen LogP contribution in [0.25, 0.3) is 5.69 Å². The molecule has 1 aromatic heterocycles. The highest BCUT2D eigenvalue weighted by molar-refractivity contribution is 5.94. The zero-order valence-corrected chi connectivity index (χ0v) is 15.7. The van der Waals surface area contributed by atoms with E-state index < -0.39 is 5.97 Å². The molecule has 2 aliphatic carbocycles. The maximum absolute atomic E-state index is 13.7. The second kappa shape index (κ2) is 7.73. The summed E-state index contributed by atoms with van der Waals surface area (Å²) in [5.74, 6) is -1.62. The van der Waals surface area contributed by atoms with E-state index in [1.165, 1.54) is 12.1 Å². The van der Waals surface area contributed by atoms with Gasteiger partial charge in [0.2, 0.25) is 0 Å². The van der Waals surface area contributed by atoms with E-state index in [0.717, 1.165) is 36.9 Å². The number of aromatic nitrogens is 2. The van der Waals surface area contributed by atoms with E-state index in [2.05, 4.69) is 10.4 Å². The number of amides is 1. The van der Waals surface area contributed by atoms with Crippen molar-refractivity contribution in [3.8, 4) is 5.69 Å². The number of benzene rings is 1. The maximum atomic E-state index is 13.7. The van der Waals surface area contributed by atoms with Gasteiger partial charge in [-0.1, -0.05) is 6.07 Å². The summed E-state index contributed by atoms with van der Waals surface area (Å²) in [7, 11) is 0. The molecule has 2 N–H and O–H groups in total. The third kappa shape index (κ3) is 3.66. The Hall–Kier alpha value is -2.70. The zero-order valence-electron chi connectivity index (χ0n) is 15.7. The quantitative estimate of drug-likeness (QED) is 0.846. The second-order valence-corrected chi connectivity index (χ2v) is 7.73. The van der Waals surface area contributed by atoms with E-state index in [0.29, 0.717) is 37.1 Å². The van der Waals surface area contributed by atoms with E-state index >= 15 is 0 Å². The fourth-order valence-electron chi connectivity index (χ4n) is 4.34.